The van der Waals surface area contributed by atoms with Crippen LogP contribution in [0.3, 0.4) is 0 Å². The van der Waals surface area contributed by atoms with Gasteiger partial charge in [0, 0.05) is 33.5 Å². The van der Waals surface area contributed by atoms with Crippen molar-refractivity contribution in [3.05, 3.63) is 12.2 Å². The molecule has 0 radical (unpaired) electrons. The lowest BCUT2D eigenvalue weighted by molar-refractivity contribution is -0.145. The third kappa shape index (κ3) is 4.91. The maximum absolute atomic E-state index is 11.1. The summed E-state index contributed by atoms with van der Waals surface area (Å²) in [6.07, 6.45) is 0.118. The summed E-state index contributed by atoms with van der Waals surface area (Å²) in [5, 5.41) is 0. The van der Waals surface area contributed by atoms with Crippen molar-refractivity contribution in [3.8, 4) is 0 Å². The Bertz CT molecular complexity index is 304. The molecule has 1 saturated carbocycles. The number of ether oxygens (including phenoxy) is 5. The molecule has 1 aliphatic carbocycles. The molecule has 0 aromatic heterocycles. The molecule has 1 fully saturated rings. The van der Waals surface area contributed by atoms with Crippen molar-refractivity contribution >= 4 is 5.97 Å². The predicted octanol–water partition coefficient (Wildman–Crippen LogP) is 1.10. The largest absolute Gasteiger partial charge is 0.458 e. The SMILES string of the molecule is C=C1[C@H](OC(C)=O)C[C@H](OCOC)[C@H]1COCOC. The van der Waals surface area contributed by atoms with E-state index >= 15 is 0 Å². The van der Waals surface area contributed by atoms with Crippen LogP contribution in [0, 0.1) is 5.92 Å². The van der Waals surface area contributed by atoms with Crippen molar-refractivity contribution in [3.63, 3.8) is 0 Å². The zero-order valence-corrected chi connectivity index (χ0v) is 11.7. The van der Waals surface area contributed by atoms with Crippen molar-refractivity contribution in [2.75, 3.05) is 34.4 Å². The summed E-state index contributed by atoms with van der Waals surface area (Å²) in [7, 11) is 3.12. The minimum atomic E-state index is -0.324. The van der Waals surface area contributed by atoms with E-state index in [9.17, 15) is 4.79 Å². The minimum absolute atomic E-state index is 0.0327. The van der Waals surface area contributed by atoms with Gasteiger partial charge in [-0.05, 0) is 5.57 Å². The Morgan fingerprint density at radius 1 is 1.32 bits per heavy atom. The molecular formula is C13H22O6. The van der Waals surface area contributed by atoms with Crippen LogP contribution < -0.4 is 0 Å². The molecule has 1 aliphatic rings. The molecule has 0 bridgehead atoms. The quantitative estimate of drug-likeness (QED) is 0.286. The summed E-state index contributed by atoms with van der Waals surface area (Å²) in [5.41, 5.74) is 0.812. The zero-order valence-electron chi connectivity index (χ0n) is 11.7. The second-order valence-electron chi connectivity index (χ2n) is 4.40. The lowest BCUT2D eigenvalue weighted by atomic mass is 10.0. The summed E-state index contributed by atoms with van der Waals surface area (Å²) >= 11 is 0. The van der Waals surface area contributed by atoms with Crippen LogP contribution in [0.4, 0.5) is 0 Å². The lowest BCUT2D eigenvalue weighted by Gasteiger charge is -2.19. The predicted molar refractivity (Wildman–Crippen MR) is 67.4 cm³/mol. The van der Waals surface area contributed by atoms with Crippen LogP contribution in [0.15, 0.2) is 12.2 Å². The number of rotatable bonds is 8. The van der Waals surface area contributed by atoms with Crippen molar-refractivity contribution in [2.45, 2.75) is 25.6 Å². The fourth-order valence-electron chi connectivity index (χ4n) is 2.14. The van der Waals surface area contributed by atoms with Gasteiger partial charge in [0.1, 0.15) is 19.7 Å². The Morgan fingerprint density at radius 3 is 2.58 bits per heavy atom. The molecule has 0 aromatic carbocycles. The number of esters is 1. The van der Waals surface area contributed by atoms with Crippen molar-refractivity contribution in [2.24, 2.45) is 5.92 Å². The molecule has 0 spiro atoms. The van der Waals surface area contributed by atoms with Crippen LogP contribution in [0.25, 0.3) is 0 Å². The Kier molecular flexibility index (Phi) is 7.01. The minimum Gasteiger partial charge on any atom is -0.458 e. The smallest absolute Gasteiger partial charge is 0.303 e. The van der Waals surface area contributed by atoms with E-state index in [4.69, 9.17) is 23.7 Å². The molecule has 19 heavy (non-hydrogen) atoms. The van der Waals surface area contributed by atoms with E-state index in [2.05, 4.69) is 6.58 Å². The molecule has 6 nitrogen and oxygen atoms in total. The normalized spacial score (nSPS) is 26.7. The monoisotopic (exact) mass is 274 g/mol. The molecule has 0 N–H and O–H groups in total. The van der Waals surface area contributed by atoms with Crippen LogP contribution in [0.2, 0.25) is 0 Å². The van der Waals surface area contributed by atoms with E-state index in [0.717, 1.165) is 5.57 Å². The molecule has 0 unspecified atom stereocenters. The van der Waals surface area contributed by atoms with Gasteiger partial charge in [-0.3, -0.25) is 4.79 Å². The number of methoxy groups -OCH3 is 2. The molecule has 0 saturated heterocycles. The van der Waals surface area contributed by atoms with Crippen molar-refractivity contribution in [1.82, 2.24) is 0 Å². The number of hydrogen-bond acceptors (Lipinski definition) is 6. The first kappa shape index (κ1) is 16.1. The third-order valence-electron chi connectivity index (χ3n) is 2.99. The molecule has 0 heterocycles. The van der Waals surface area contributed by atoms with Crippen LogP contribution in [0.5, 0.6) is 0 Å². The molecule has 110 valence electrons. The van der Waals surface area contributed by atoms with Gasteiger partial charge in [0.25, 0.3) is 0 Å². The van der Waals surface area contributed by atoms with Crippen LogP contribution in [-0.4, -0.2) is 52.6 Å². The highest BCUT2D eigenvalue weighted by Crippen LogP contribution is 2.35. The first-order valence-corrected chi connectivity index (χ1v) is 6.13. The maximum atomic E-state index is 11.1. The second-order valence-corrected chi connectivity index (χ2v) is 4.40. The summed E-state index contributed by atoms with van der Waals surface area (Å²) in [6, 6.07) is 0. The number of carbonyl (C=O) groups is 1. The molecule has 0 aliphatic heterocycles. The van der Waals surface area contributed by atoms with Gasteiger partial charge in [-0.2, -0.15) is 0 Å². The van der Waals surface area contributed by atoms with Gasteiger partial charge in [-0.1, -0.05) is 6.58 Å². The van der Waals surface area contributed by atoms with Crippen LogP contribution in [-0.2, 0) is 28.5 Å². The topological polar surface area (TPSA) is 63.2 Å². The standard InChI is InChI=1S/C13H22O6/c1-9-11(6-17-7-15-3)13(18-8-16-4)5-12(9)19-10(2)14/h11-13H,1,5-8H2,2-4H3/t11-,12+,13-/m0/s1. The van der Waals surface area contributed by atoms with Crippen molar-refractivity contribution in [1.29, 1.82) is 0 Å². The number of carbonyl (C=O) groups excluding carboxylic acids is 1. The number of hydrogen-bond donors (Lipinski definition) is 0. The fourth-order valence-corrected chi connectivity index (χ4v) is 2.14. The first-order valence-electron chi connectivity index (χ1n) is 6.13. The Balaban J connectivity index is 2.59. The average Bonchev–Trinajstić information content (AvgIpc) is 2.64. The van der Waals surface area contributed by atoms with Gasteiger partial charge in [0.15, 0.2) is 0 Å². The second kappa shape index (κ2) is 8.27. The van der Waals surface area contributed by atoms with E-state index in [-0.39, 0.29) is 37.7 Å². The van der Waals surface area contributed by atoms with Gasteiger partial charge in [0.2, 0.25) is 0 Å². The molecule has 6 heteroatoms. The Hall–Kier alpha value is -0.950. The summed E-state index contributed by atoms with van der Waals surface area (Å²) in [4.78, 5) is 11.1. The third-order valence-corrected chi connectivity index (χ3v) is 2.99. The van der Waals surface area contributed by atoms with E-state index in [1.54, 1.807) is 14.2 Å². The van der Waals surface area contributed by atoms with Gasteiger partial charge < -0.3 is 23.7 Å². The van der Waals surface area contributed by atoms with Gasteiger partial charge in [0.05, 0.1) is 12.7 Å². The fraction of sp³-hybridized carbons (Fsp3) is 0.769. The first-order chi connectivity index (χ1) is 9.10. The zero-order chi connectivity index (χ0) is 14.3. The van der Waals surface area contributed by atoms with Gasteiger partial charge in [-0.15, -0.1) is 0 Å². The van der Waals surface area contributed by atoms with Crippen molar-refractivity contribution < 1.29 is 28.5 Å². The highest BCUT2D eigenvalue weighted by atomic mass is 16.7. The molecule has 3 atom stereocenters. The van der Waals surface area contributed by atoms with Crippen LogP contribution in [0.1, 0.15) is 13.3 Å². The van der Waals surface area contributed by atoms with E-state index in [0.29, 0.717) is 13.0 Å². The molecular weight excluding hydrogens is 252 g/mol. The van der Waals surface area contributed by atoms with Crippen LogP contribution >= 0.6 is 0 Å². The highest BCUT2D eigenvalue weighted by Gasteiger charge is 2.40. The summed E-state index contributed by atoms with van der Waals surface area (Å²) < 4.78 is 25.9. The highest BCUT2D eigenvalue weighted by molar-refractivity contribution is 5.66. The lowest BCUT2D eigenvalue weighted by Crippen LogP contribution is -2.24. The van der Waals surface area contributed by atoms with E-state index in [1.807, 2.05) is 0 Å². The van der Waals surface area contributed by atoms with E-state index in [1.165, 1.54) is 6.92 Å². The Labute approximate surface area is 113 Å². The maximum Gasteiger partial charge on any atom is 0.303 e. The average molecular weight is 274 g/mol. The van der Waals surface area contributed by atoms with Gasteiger partial charge in [-0.25, -0.2) is 0 Å². The molecule has 0 amide bonds. The summed E-state index contributed by atoms with van der Waals surface area (Å²) in [6.45, 7) is 6.18. The molecule has 1 rings (SSSR count). The molecule has 0 aromatic rings. The van der Waals surface area contributed by atoms with E-state index < -0.39 is 0 Å². The summed E-state index contributed by atoms with van der Waals surface area (Å²) in [5.74, 6) is -0.357. The Morgan fingerprint density at radius 2 is 2.00 bits per heavy atom. The van der Waals surface area contributed by atoms with Gasteiger partial charge >= 0.3 is 5.97 Å².